The van der Waals surface area contributed by atoms with Crippen LogP contribution in [0.5, 0.6) is 0 Å². The van der Waals surface area contributed by atoms with Crippen LogP contribution < -0.4 is 5.56 Å². The summed E-state index contributed by atoms with van der Waals surface area (Å²) >= 11 is 0. The van der Waals surface area contributed by atoms with Gasteiger partial charge < -0.3 is 4.42 Å². The number of aromatic nitrogens is 1. The van der Waals surface area contributed by atoms with Crippen molar-refractivity contribution in [2.75, 3.05) is 0 Å². The molecule has 0 aliphatic carbocycles. The van der Waals surface area contributed by atoms with Gasteiger partial charge in [0.1, 0.15) is 11.1 Å². The van der Waals surface area contributed by atoms with Gasteiger partial charge >= 0.3 is 0 Å². The molecule has 1 aromatic heterocycles. The Morgan fingerprint density at radius 3 is 2.26 bits per heavy atom. The molecule has 0 spiro atoms. The van der Waals surface area contributed by atoms with Crippen molar-refractivity contribution in [2.45, 2.75) is 0 Å². The molecule has 0 unspecified atom stereocenters. The van der Waals surface area contributed by atoms with Crippen molar-refractivity contribution in [2.24, 2.45) is 0 Å². The van der Waals surface area contributed by atoms with Crippen LogP contribution in [-0.2, 0) is 0 Å². The molecule has 23 heavy (non-hydrogen) atoms. The normalized spacial score (nSPS) is 10.6. The van der Waals surface area contributed by atoms with Crippen molar-refractivity contribution in [3.8, 4) is 11.5 Å². The summed E-state index contributed by atoms with van der Waals surface area (Å²) < 4.78 is 5.39. The highest BCUT2D eigenvalue weighted by Crippen LogP contribution is 2.30. The van der Waals surface area contributed by atoms with Crippen LogP contribution in [0.25, 0.3) is 22.4 Å². The Hall–Kier alpha value is -3.62. The van der Waals surface area contributed by atoms with E-state index in [0.717, 1.165) is 6.07 Å². The highest BCUT2D eigenvalue weighted by atomic mass is 16.6. The third kappa shape index (κ3) is 2.39. The summed E-state index contributed by atoms with van der Waals surface area (Å²) in [4.78, 5) is 36.4. The summed E-state index contributed by atoms with van der Waals surface area (Å²) in [5.74, 6) is -0.268. The standard InChI is InChI=1S/C14H7N3O6/c18-13-12-10(17(21)22)6-3-7-11(12)23-14(15-13)8-4-1-2-5-9(8)16(19)20/h1-7H. The van der Waals surface area contributed by atoms with E-state index >= 15 is 0 Å². The summed E-state index contributed by atoms with van der Waals surface area (Å²) in [6, 6.07) is 9.50. The zero-order valence-electron chi connectivity index (χ0n) is 11.3. The Labute approximate surface area is 127 Å². The highest BCUT2D eigenvalue weighted by molar-refractivity contribution is 5.86. The van der Waals surface area contributed by atoms with Gasteiger partial charge in [-0.2, -0.15) is 4.98 Å². The second-order valence-electron chi connectivity index (χ2n) is 4.51. The first kappa shape index (κ1) is 14.3. The summed E-state index contributed by atoms with van der Waals surface area (Å²) in [6.45, 7) is 0. The van der Waals surface area contributed by atoms with Crippen molar-refractivity contribution in [1.82, 2.24) is 4.98 Å². The Kier molecular flexibility index (Phi) is 3.30. The molecule has 3 aromatic rings. The van der Waals surface area contributed by atoms with E-state index in [-0.39, 0.29) is 28.1 Å². The molecule has 0 saturated carbocycles. The number of hydrogen-bond donors (Lipinski definition) is 0. The minimum atomic E-state index is -0.883. The molecule has 0 bridgehead atoms. The molecule has 9 nitrogen and oxygen atoms in total. The molecule has 1 heterocycles. The molecule has 0 saturated heterocycles. The number of nitrogens with zero attached hydrogens (tertiary/aromatic N) is 3. The minimum Gasteiger partial charge on any atom is -0.437 e. The second kappa shape index (κ2) is 5.30. The van der Waals surface area contributed by atoms with Gasteiger partial charge in [0.2, 0.25) is 5.89 Å². The number of hydrogen-bond acceptors (Lipinski definition) is 7. The van der Waals surface area contributed by atoms with Crippen molar-refractivity contribution in [1.29, 1.82) is 0 Å². The van der Waals surface area contributed by atoms with Crippen LogP contribution >= 0.6 is 0 Å². The van der Waals surface area contributed by atoms with Gasteiger partial charge in [0.05, 0.1) is 9.85 Å². The van der Waals surface area contributed by atoms with Crippen LogP contribution in [0.3, 0.4) is 0 Å². The van der Waals surface area contributed by atoms with E-state index in [1.807, 2.05) is 0 Å². The molecule has 0 aliphatic heterocycles. The fourth-order valence-corrected chi connectivity index (χ4v) is 2.18. The maximum atomic E-state index is 12.1. The quantitative estimate of drug-likeness (QED) is 0.536. The third-order valence-corrected chi connectivity index (χ3v) is 3.16. The number of non-ortho nitro benzene ring substituents is 1. The van der Waals surface area contributed by atoms with Crippen LogP contribution in [-0.4, -0.2) is 14.8 Å². The van der Waals surface area contributed by atoms with E-state index in [0.29, 0.717) is 0 Å². The molecule has 114 valence electrons. The minimum absolute atomic E-state index is 0.0167. The number of nitro groups is 2. The Morgan fingerprint density at radius 1 is 0.913 bits per heavy atom. The predicted molar refractivity (Wildman–Crippen MR) is 79.0 cm³/mol. The van der Waals surface area contributed by atoms with E-state index in [9.17, 15) is 25.0 Å². The molecule has 0 aliphatic rings. The monoisotopic (exact) mass is 313 g/mol. The number of rotatable bonds is 3. The van der Waals surface area contributed by atoms with Gasteiger partial charge in [-0.25, -0.2) is 0 Å². The van der Waals surface area contributed by atoms with Gasteiger partial charge in [0.25, 0.3) is 16.9 Å². The highest BCUT2D eigenvalue weighted by Gasteiger charge is 2.22. The zero-order valence-corrected chi connectivity index (χ0v) is 11.3. The SMILES string of the molecule is O=c1nc(-c2ccccc2[N+](=O)[O-])oc2cccc([N+](=O)[O-])c12. The first-order valence-electron chi connectivity index (χ1n) is 6.31. The topological polar surface area (TPSA) is 129 Å². The summed E-state index contributed by atoms with van der Waals surface area (Å²) in [5, 5.41) is 21.8. The van der Waals surface area contributed by atoms with E-state index in [4.69, 9.17) is 4.42 Å². The van der Waals surface area contributed by atoms with Crippen LogP contribution in [0.4, 0.5) is 11.4 Å². The molecule has 2 aromatic carbocycles. The molecule has 0 atom stereocenters. The molecule has 3 rings (SSSR count). The Morgan fingerprint density at radius 2 is 1.57 bits per heavy atom. The zero-order chi connectivity index (χ0) is 16.6. The maximum absolute atomic E-state index is 12.1. The van der Waals surface area contributed by atoms with E-state index < -0.39 is 21.1 Å². The van der Waals surface area contributed by atoms with Gasteiger partial charge in [-0.15, -0.1) is 0 Å². The lowest BCUT2D eigenvalue weighted by molar-refractivity contribution is -0.384. The van der Waals surface area contributed by atoms with Gasteiger partial charge in [-0.3, -0.25) is 25.0 Å². The fourth-order valence-electron chi connectivity index (χ4n) is 2.18. The predicted octanol–water partition coefficient (Wildman–Crippen LogP) is 2.67. The van der Waals surface area contributed by atoms with Crippen molar-refractivity contribution >= 4 is 22.3 Å². The lowest BCUT2D eigenvalue weighted by atomic mass is 10.1. The van der Waals surface area contributed by atoms with E-state index in [1.165, 1.54) is 36.4 Å². The average molecular weight is 313 g/mol. The van der Waals surface area contributed by atoms with Crippen LogP contribution in [0.1, 0.15) is 0 Å². The van der Waals surface area contributed by atoms with Gasteiger partial charge in [0, 0.05) is 12.1 Å². The number of benzene rings is 2. The molecule has 0 fully saturated rings. The fraction of sp³-hybridized carbons (Fsp3) is 0. The van der Waals surface area contributed by atoms with Crippen LogP contribution in [0.15, 0.2) is 51.7 Å². The number of nitro benzene ring substituents is 2. The first-order chi connectivity index (χ1) is 11.0. The molecule has 0 radical (unpaired) electrons. The molecule has 0 amide bonds. The summed E-state index contributed by atoms with van der Waals surface area (Å²) in [6.07, 6.45) is 0. The average Bonchev–Trinajstić information content (AvgIpc) is 2.54. The van der Waals surface area contributed by atoms with E-state index in [2.05, 4.69) is 4.98 Å². The van der Waals surface area contributed by atoms with Crippen molar-refractivity contribution in [3.63, 3.8) is 0 Å². The van der Waals surface area contributed by atoms with Crippen molar-refractivity contribution in [3.05, 3.63) is 73.0 Å². The third-order valence-electron chi connectivity index (χ3n) is 3.16. The molecule has 0 N–H and O–H groups in total. The smallest absolute Gasteiger partial charge is 0.291 e. The lowest BCUT2D eigenvalue weighted by Crippen LogP contribution is -2.10. The first-order valence-corrected chi connectivity index (χ1v) is 6.31. The Bertz CT molecular complexity index is 1010. The van der Waals surface area contributed by atoms with Gasteiger partial charge in [-0.05, 0) is 12.1 Å². The second-order valence-corrected chi connectivity index (χ2v) is 4.51. The van der Waals surface area contributed by atoms with Crippen LogP contribution in [0, 0.1) is 20.2 Å². The van der Waals surface area contributed by atoms with Crippen LogP contribution in [0.2, 0.25) is 0 Å². The number of para-hydroxylation sites is 1. The largest absolute Gasteiger partial charge is 0.437 e. The molecular weight excluding hydrogens is 306 g/mol. The van der Waals surface area contributed by atoms with Gasteiger partial charge in [-0.1, -0.05) is 18.2 Å². The van der Waals surface area contributed by atoms with Crippen molar-refractivity contribution < 1.29 is 14.3 Å². The lowest BCUT2D eigenvalue weighted by Gasteiger charge is -2.03. The van der Waals surface area contributed by atoms with Gasteiger partial charge in [0.15, 0.2) is 5.39 Å². The summed E-state index contributed by atoms with van der Waals surface area (Å²) in [7, 11) is 0. The molecule has 9 heteroatoms. The number of fused-ring (bicyclic) bond motifs is 1. The van der Waals surface area contributed by atoms with E-state index in [1.54, 1.807) is 0 Å². The summed E-state index contributed by atoms with van der Waals surface area (Å²) in [5.41, 5.74) is -1.65. The molecular formula is C14H7N3O6. The Balaban J connectivity index is 2.33. The maximum Gasteiger partial charge on any atom is 0.291 e.